The average Bonchev–Trinajstić information content (AvgIpc) is 2.93. The molecule has 5 atom stereocenters. The maximum Gasteiger partial charge on any atom is 0.263 e. The van der Waals surface area contributed by atoms with Crippen molar-refractivity contribution in [2.75, 3.05) is 25.1 Å². The number of para-hydroxylation sites is 1. The highest BCUT2D eigenvalue weighted by Crippen LogP contribution is 2.23. The number of halogens is 1. The van der Waals surface area contributed by atoms with Gasteiger partial charge in [0, 0.05) is 11.8 Å². The zero-order valence-corrected chi connectivity index (χ0v) is 20.3. The van der Waals surface area contributed by atoms with Crippen LogP contribution in [0.15, 0.2) is 66.9 Å². The summed E-state index contributed by atoms with van der Waals surface area (Å²) in [6, 6.07) is 16.9. The van der Waals surface area contributed by atoms with Crippen molar-refractivity contribution in [2.24, 2.45) is 0 Å². The highest BCUT2D eigenvalue weighted by molar-refractivity contribution is 5.91. The molecule has 1 saturated heterocycles. The first-order valence-corrected chi connectivity index (χ1v) is 12.0. The number of rotatable bonds is 10. The summed E-state index contributed by atoms with van der Waals surface area (Å²) in [4.78, 5) is 16.3. The van der Waals surface area contributed by atoms with Gasteiger partial charge in [-0.3, -0.25) is 4.79 Å². The van der Waals surface area contributed by atoms with Gasteiger partial charge in [0.2, 0.25) is 0 Å². The van der Waals surface area contributed by atoms with E-state index < -0.39 is 49.0 Å². The molecular formula is C27H29FN2O8. The summed E-state index contributed by atoms with van der Waals surface area (Å²) in [6.45, 7) is -0.692. The van der Waals surface area contributed by atoms with E-state index in [4.69, 9.17) is 14.2 Å². The molecule has 0 radical (unpaired) electrons. The number of pyridine rings is 1. The van der Waals surface area contributed by atoms with Crippen molar-refractivity contribution in [1.82, 2.24) is 4.98 Å². The van der Waals surface area contributed by atoms with Crippen molar-refractivity contribution in [3.8, 4) is 16.9 Å². The first-order valence-electron chi connectivity index (χ1n) is 12.0. The standard InChI is InChI=1S/C27H29FN2O8/c28-19-3-1-2-4-20(19)37-15-23(32)30-22-10-9-18(13-29-22)17-7-5-16(6-8-17)11-12-36-27-26(35)25(34)24(33)21(14-31)38-27/h1-10,13,21,24-27,31,33-35H,11-12,14-15H2,(H,29,30,32)/t21-,24-,25+,26-,27-/m1/s1. The molecule has 1 aliphatic heterocycles. The molecule has 2 aromatic carbocycles. The maximum absolute atomic E-state index is 13.6. The number of ether oxygens (including phenoxy) is 3. The predicted octanol–water partition coefficient (Wildman–Crippen LogP) is 1.26. The van der Waals surface area contributed by atoms with E-state index >= 15 is 0 Å². The Labute approximate surface area is 218 Å². The van der Waals surface area contributed by atoms with Gasteiger partial charge in [-0.1, -0.05) is 36.4 Å². The van der Waals surface area contributed by atoms with E-state index in [2.05, 4.69) is 10.3 Å². The van der Waals surface area contributed by atoms with Crippen LogP contribution in [0.25, 0.3) is 11.1 Å². The molecule has 0 unspecified atom stereocenters. The van der Waals surface area contributed by atoms with E-state index in [0.717, 1.165) is 16.7 Å². The highest BCUT2D eigenvalue weighted by atomic mass is 19.1. The molecule has 0 bridgehead atoms. The van der Waals surface area contributed by atoms with Crippen LogP contribution < -0.4 is 10.1 Å². The summed E-state index contributed by atoms with van der Waals surface area (Å²) in [5.41, 5.74) is 2.68. The van der Waals surface area contributed by atoms with Crippen LogP contribution in [0.4, 0.5) is 10.2 Å². The molecule has 202 valence electrons. The Morgan fingerprint density at radius 2 is 1.71 bits per heavy atom. The number of aliphatic hydroxyl groups is 4. The minimum absolute atomic E-state index is 0.00477. The molecule has 1 fully saturated rings. The van der Waals surface area contributed by atoms with Gasteiger partial charge in [0.05, 0.1) is 13.2 Å². The van der Waals surface area contributed by atoms with Crippen LogP contribution in [0.2, 0.25) is 0 Å². The fourth-order valence-electron chi connectivity index (χ4n) is 3.88. The molecule has 0 spiro atoms. The van der Waals surface area contributed by atoms with Gasteiger partial charge in [0.1, 0.15) is 30.2 Å². The van der Waals surface area contributed by atoms with Crippen molar-refractivity contribution in [3.63, 3.8) is 0 Å². The molecule has 1 aliphatic rings. The van der Waals surface area contributed by atoms with E-state index in [1.807, 2.05) is 24.3 Å². The van der Waals surface area contributed by atoms with Gasteiger partial charge >= 0.3 is 0 Å². The molecule has 2 heterocycles. The Morgan fingerprint density at radius 3 is 2.39 bits per heavy atom. The lowest BCUT2D eigenvalue weighted by Gasteiger charge is -2.39. The van der Waals surface area contributed by atoms with Gasteiger partial charge < -0.3 is 40.0 Å². The largest absolute Gasteiger partial charge is 0.481 e. The summed E-state index contributed by atoms with van der Waals surface area (Å²) in [7, 11) is 0. The monoisotopic (exact) mass is 528 g/mol. The zero-order valence-electron chi connectivity index (χ0n) is 20.3. The second-order valence-corrected chi connectivity index (χ2v) is 8.71. The quantitative estimate of drug-likeness (QED) is 0.262. The first kappa shape index (κ1) is 27.6. The van der Waals surface area contributed by atoms with Gasteiger partial charge in [-0.2, -0.15) is 0 Å². The number of nitrogens with zero attached hydrogens (tertiary/aromatic N) is 1. The van der Waals surface area contributed by atoms with E-state index in [0.29, 0.717) is 12.2 Å². The summed E-state index contributed by atoms with van der Waals surface area (Å²) in [6.07, 6.45) is -4.42. The van der Waals surface area contributed by atoms with Gasteiger partial charge in [-0.25, -0.2) is 9.37 Å². The Kier molecular flexibility index (Phi) is 9.34. The number of carbonyl (C=O) groups is 1. The Hall–Kier alpha value is -3.45. The fraction of sp³-hybridized carbons (Fsp3) is 0.333. The van der Waals surface area contributed by atoms with Crippen LogP contribution >= 0.6 is 0 Å². The third-order valence-electron chi connectivity index (χ3n) is 6.03. The van der Waals surface area contributed by atoms with E-state index in [9.17, 15) is 29.6 Å². The van der Waals surface area contributed by atoms with Crippen molar-refractivity contribution >= 4 is 11.7 Å². The molecule has 5 N–H and O–H groups in total. The second kappa shape index (κ2) is 12.9. The molecule has 4 rings (SSSR count). The normalized spacial score (nSPS) is 23.1. The lowest BCUT2D eigenvalue weighted by atomic mass is 9.99. The Morgan fingerprint density at radius 1 is 0.974 bits per heavy atom. The summed E-state index contributed by atoms with van der Waals surface area (Å²) < 4.78 is 29.6. The van der Waals surface area contributed by atoms with E-state index in [1.165, 1.54) is 18.2 Å². The number of anilines is 1. The third-order valence-corrected chi connectivity index (χ3v) is 6.03. The van der Waals surface area contributed by atoms with Crippen molar-refractivity contribution in [3.05, 3.63) is 78.2 Å². The summed E-state index contributed by atoms with van der Waals surface area (Å²) in [5, 5.41) is 41.6. The highest BCUT2D eigenvalue weighted by Gasteiger charge is 2.43. The maximum atomic E-state index is 13.6. The van der Waals surface area contributed by atoms with E-state index in [1.54, 1.807) is 24.4 Å². The fourth-order valence-corrected chi connectivity index (χ4v) is 3.88. The zero-order chi connectivity index (χ0) is 27.1. The SMILES string of the molecule is O=C(COc1ccccc1F)Nc1ccc(-c2ccc(CCO[C@@H]3O[C@H](CO)[C@@H](O)[C@H](O)[C@H]3O)cc2)cn1. The topological polar surface area (TPSA) is 151 Å². The summed E-state index contributed by atoms with van der Waals surface area (Å²) in [5.74, 6) is -0.688. The first-order chi connectivity index (χ1) is 18.4. The number of amides is 1. The molecule has 3 aromatic rings. The van der Waals surface area contributed by atoms with Gasteiger partial charge in [0.25, 0.3) is 5.91 Å². The van der Waals surface area contributed by atoms with Crippen LogP contribution in [0.5, 0.6) is 5.75 Å². The molecule has 0 aliphatic carbocycles. The number of aliphatic hydroxyl groups excluding tert-OH is 4. The van der Waals surface area contributed by atoms with Crippen LogP contribution in [0.3, 0.4) is 0 Å². The Balaban J connectivity index is 1.24. The minimum atomic E-state index is -1.48. The van der Waals surface area contributed by atoms with Gasteiger partial charge in [-0.05, 0) is 41.8 Å². The molecule has 1 aromatic heterocycles. The number of benzene rings is 2. The number of aromatic nitrogens is 1. The van der Waals surface area contributed by atoms with Crippen LogP contribution in [-0.4, -0.2) is 81.8 Å². The smallest absolute Gasteiger partial charge is 0.263 e. The molecule has 1 amide bonds. The molecule has 0 saturated carbocycles. The molecular weight excluding hydrogens is 499 g/mol. The van der Waals surface area contributed by atoms with Crippen LogP contribution in [-0.2, 0) is 20.7 Å². The molecule has 11 heteroatoms. The number of hydrogen-bond acceptors (Lipinski definition) is 9. The lowest BCUT2D eigenvalue weighted by molar-refractivity contribution is -0.300. The van der Waals surface area contributed by atoms with Gasteiger partial charge in [-0.15, -0.1) is 0 Å². The van der Waals surface area contributed by atoms with Gasteiger partial charge in [0.15, 0.2) is 24.5 Å². The van der Waals surface area contributed by atoms with Crippen LogP contribution in [0, 0.1) is 5.82 Å². The molecule has 38 heavy (non-hydrogen) atoms. The average molecular weight is 529 g/mol. The predicted molar refractivity (Wildman–Crippen MR) is 134 cm³/mol. The minimum Gasteiger partial charge on any atom is -0.481 e. The lowest BCUT2D eigenvalue weighted by Crippen LogP contribution is -2.59. The summed E-state index contributed by atoms with van der Waals surface area (Å²) >= 11 is 0. The third kappa shape index (κ3) is 6.90. The number of hydrogen-bond donors (Lipinski definition) is 5. The Bertz CT molecular complexity index is 1190. The van der Waals surface area contributed by atoms with E-state index in [-0.39, 0.29) is 19.0 Å². The number of carbonyl (C=O) groups excluding carboxylic acids is 1. The van der Waals surface area contributed by atoms with Crippen molar-refractivity contribution in [2.45, 2.75) is 37.1 Å². The van der Waals surface area contributed by atoms with Crippen molar-refractivity contribution in [1.29, 1.82) is 0 Å². The van der Waals surface area contributed by atoms with Crippen molar-refractivity contribution < 1.29 is 43.8 Å². The second-order valence-electron chi connectivity index (χ2n) is 8.71. The molecule has 10 nitrogen and oxygen atoms in total. The van der Waals surface area contributed by atoms with Crippen LogP contribution in [0.1, 0.15) is 5.56 Å². The number of nitrogens with one attached hydrogen (secondary N) is 1.